The summed E-state index contributed by atoms with van der Waals surface area (Å²) in [7, 11) is 0. The number of carbonyl (C=O) groups excluding carboxylic acids is 1. The second kappa shape index (κ2) is 4.45. The van der Waals surface area contributed by atoms with Crippen LogP contribution in [0.25, 0.3) is 0 Å². The van der Waals surface area contributed by atoms with Gasteiger partial charge >= 0.3 is 0 Å². The third kappa shape index (κ3) is 2.67. The topological polar surface area (TPSA) is 43.1 Å². The Balaban J connectivity index is 3.17. The monoisotopic (exact) mass is 269 g/mol. The van der Waals surface area contributed by atoms with E-state index in [0.29, 0.717) is 6.54 Å². The molecule has 0 heterocycles. The number of rotatable bonds is 3. The lowest BCUT2D eigenvalue weighted by atomic mass is 9.83. The van der Waals surface area contributed by atoms with Crippen LogP contribution in [0, 0.1) is 12.3 Å². The average molecular weight is 270 g/mol. The Morgan fingerprint density at radius 2 is 2.07 bits per heavy atom. The molecule has 15 heavy (non-hydrogen) atoms. The Morgan fingerprint density at radius 3 is 2.60 bits per heavy atom. The molecule has 0 amide bonds. The Labute approximate surface area is 99.0 Å². The maximum atomic E-state index is 12.2. The molecule has 0 unspecified atom stereocenters. The molecular formula is C12H16BrNO. The van der Waals surface area contributed by atoms with Gasteiger partial charge in [0.1, 0.15) is 0 Å². The number of aryl methyl sites for hydroxylation is 1. The lowest BCUT2D eigenvalue weighted by Gasteiger charge is -2.21. The fourth-order valence-electron chi connectivity index (χ4n) is 1.30. The van der Waals surface area contributed by atoms with E-state index in [-0.39, 0.29) is 5.78 Å². The number of ketones is 1. The van der Waals surface area contributed by atoms with Gasteiger partial charge in [-0.2, -0.15) is 0 Å². The standard InChI is InChI=1S/C12H16BrNO/c1-8-4-5-9(13)6-10(8)11(15)12(2,3)7-14/h4-6H,7,14H2,1-3H3. The quantitative estimate of drug-likeness (QED) is 0.858. The highest BCUT2D eigenvalue weighted by Gasteiger charge is 2.27. The van der Waals surface area contributed by atoms with Crippen molar-refractivity contribution in [1.29, 1.82) is 0 Å². The average Bonchev–Trinajstić information content (AvgIpc) is 2.20. The van der Waals surface area contributed by atoms with E-state index in [2.05, 4.69) is 15.9 Å². The van der Waals surface area contributed by atoms with Gasteiger partial charge in [-0.15, -0.1) is 0 Å². The fourth-order valence-corrected chi connectivity index (χ4v) is 1.66. The van der Waals surface area contributed by atoms with E-state index in [1.807, 2.05) is 39.0 Å². The molecule has 0 saturated carbocycles. The van der Waals surface area contributed by atoms with Gasteiger partial charge in [0.15, 0.2) is 5.78 Å². The summed E-state index contributed by atoms with van der Waals surface area (Å²) in [6.45, 7) is 6.04. The van der Waals surface area contributed by atoms with Crippen LogP contribution in [-0.2, 0) is 0 Å². The maximum Gasteiger partial charge on any atom is 0.170 e. The number of hydrogen-bond acceptors (Lipinski definition) is 2. The molecule has 0 saturated heterocycles. The van der Waals surface area contributed by atoms with Crippen LogP contribution < -0.4 is 5.73 Å². The molecule has 0 aliphatic heterocycles. The molecule has 0 aromatic heterocycles. The highest BCUT2D eigenvalue weighted by atomic mass is 79.9. The van der Waals surface area contributed by atoms with Gasteiger partial charge < -0.3 is 5.73 Å². The molecule has 2 N–H and O–H groups in total. The predicted octanol–water partition coefficient (Wildman–Crippen LogP) is 2.93. The molecule has 1 aromatic rings. The highest BCUT2D eigenvalue weighted by molar-refractivity contribution is 9.10. The van der Waals surface area contributed by atoms with E-state index in [4.69, 9.17) is 5.73 Å². The zero-order valence-corrected chi connectivity index (χ0v) is 10.9. The molecule has 0 fully saturated rings. The minimum atomic E-state index is -0.494. The Bertz CT molecular complexity index is 385. The first-order valence-electron chi connectivity index (χ1n) is 4.89. The molecule has 3 heteroatoms. The first kappa shape index (κ1) is 12.4. The molecule has 0 aliphatic carbocycles. The van der Waals surface area contributed by atoms with Crippen molar-refractivity contribution in [2.45, 2.75) is 20.8 Å². The lowest BCUT2D eigenvalue weighted by Crippen LogP contribution is -2.33. The molecule has 82 valence electrons. The summed E-state index contributed by atoms with van der Waals surface area (Å²) in [5.41, 5.74) is 6.85. The van der Waals surface area contributed by atoms with E-state index in [1.54, 1.807) is 0 Å². The summed E-state index contributed by atoms with van der Waals surface area (Å²) in [6.07, 6.45) is 0. The molecule has 1 rings (SSSR count). The SMILES string of the molecule is Cc1ccc(Br)cc1C(=O)C(C)(C)CN. The fraction of sp³-hybridized carbons (Fsp3) is 0.417. The third-order valence-electron chi connectivity index (χ3n) is 2.57. The van der Waals surface area contributed by atoms with Gasteiger partial charge in [0.05, 0.1) is 0 Å². The molecule has 0 bridgehead atoms. The van der Waals surface area contributed by atoms with Gasteiger partial charge in [0.25, 0.3) is 0 Å². The Morgan fingerprint density at radius 1 is 1.47 bits per heavy atom. The van der Waals surface area contributed by atoms with E-state index < -0.39 is 5.41 Å². The molecule has 1 aromatic carbocycles. The van der Waals surface area contributed by atoms with Crippen molar-refractivity contribution in [1.82, 2.24) is 0 Å². The highest BCUT2D eigenvalue weighted by Crippen LogP contribution is 2.25. The summed E-state index contributed by atoms with van der Waals surface area (Å²) in [5, 5.41) is 0. The summed E-state index contributed by atoms with van der Waals surface area (Å²) >= 11 is 3.37. The molecule has 0 radical (unpaired) electrons. The zero-order chi connectivity index (χ0) is 11.6. The van der Waals surface area contributed by atoms with Crippen molar-refractivity contribution >= 4 is 21.7 Å². The van der Waals surface area contributed by atoms with Crippen molar-refractivity contribution in [2.75, 3.05) is 6.54 Å². The van der Waals surface area contributed by atoms with E-state index in [9.17, 15) is 4.79 Å². The van der Waals surface area contributed by atoms with Crippen LogP contribution in [0.4, 0.5) is 0 Å². The number of benzene rings is 1. The van der Waals surface area contributed by atoms with Gasteiger partial charge in [0, 0.05) is 22.0 Å². The number of Topliss-reactive ketones (excluding diaryl/α,β-unsaturated/α-hetero) is 1. The van der Waals surface area contributed by atoms with Crippen molar-refractivity contribution in [3.05, 3.63) is 33.8 Å². The Kier molecular flexibility index (Phi) is 3.68. The summed E-state index contributed by atoms with van der Waals surface area (Å²) in [5.74, 6) is 0.101. The third-order valence-corrected chi connectivity index (χ3v) is 3.06. The first-order valence-corrected chi connectivity index (χ1v) is 5.69. The van der Waals surface area contributed by atoms with Crippen molar-refractivity contribution in [3.63, 3.8) is 0 Å². The van der Waals surface area contributed by atoms with Crippen LogP contribution in [0.3, 0.4) is 0 Å². The van der Waals surface area contributed by atoms with Crippen LogP contribution in [-0.4, -0.2) is 12.3 Å². The number of halogens is 1. The normalized spacial score (nSPS) is 11.5. The summed E-state index contributed by atoms with van der Waals surface area (Å²) < 4.78 is 0.921. The van der Waals surface area contributed by atoms with Gasteiger partial charge in [-0.3, -0.25) is 4.79 Å². The lowest BCUT2D eigenvalue weighted by molar-refractivity contribution is 0.0847. The van der Waals surface area contributed by atoms with Crippen LogP contribution >= 0.6 is 15.9 Å². The molecule has 2 nitrogen and oxygen atoms in total. The van der Waals surface area contributed by atoms with Crippen LogP contribution in [0.5, 0.6) is 0 Å². The van der Waals surface area contributed by atoms with Gasteiger partial charge in [-0.1, -0.05) is 35.8 Å². The molecule has 0 aliphatic rings. The Hall–Kier alpha value is -0.670. The van der Waals surface area contributed by atoms with Crippen molar-refractivity contribution in [3.8, 4) is 0 Å². The second-order valence-electron chi connectivity index (χ2n) is 4.38. The summed E-state index contributed by atoms with van der Waals surface area (Å²) in [6, 6.07) is 5.72. The van der Waals surface area contributed by atoms with E-state index >= 15 is 0 Å². The zero-order valence-electron chi connectivity index (χ0n) is 9.30. The van der Waals surface area contributed by atoms with Crippen LogP contribution in [0.15, 0.2) is 22.7 Å². The second-order valence-corrected chi connectivity index (χ2v) is 5.29. The minimum absolute atomic E-state index is 0.101. The largest absolute Gasteiger partial charge is 0.329 e. The molecule has 0 spiro atoms. The van der Waals surface area contributed by atoms with Gasteiger partial charge in [0.2, 0.25) is 0 Å². The molecule has 0 atom stereocenters. The van der Waals surface area contributed by atoms with Gasteiger partial charge in [-0.05, 0) is 24.6 Å². The summed E-state index contributed by atoms with van der Waals surface area (Å²) in [4.78, 5) is 12.2. The van der Waals surface area contributed by atoms with Crippen molar-refractivity contribution < 1.29 is 4.79 Å². The van der Waals surface area contributed by atoms with Crippen molar-refractivity contribution in [2.24, 2.45) is 11.1 Å². The molecular weight excluding hydrogens is 254 g/mol. The van der Waals surface area contributed by atoms with E-state index in [0.717, 1.165) is 15.6 Å². The predicted molar refractivity (Wildman–Crippen MR) is 66.0 cm³/mol. The number of nitrogens with two attached hydrogens (primary N) is 1. The first-order chi connectivity index (χ1) is 6.88. The van der Waals surface area contributed by atoms with Gasteiger partial charge in [-0.25, -0.2) is 0 Å². The van der Waals surface area contributed by atoms with Crippen LogP contribution in [0.2, 0.25) is 0 Å². The van der Waals surface area contributed by atoms with E-state index in [1.165, 1.54) is 0 Å². The minimum Gasteiger partial charge on any atom is -0.329 e. The number of carbonyl (C=O) groups is 1. The van der Waals surface area contributed by atoms with Crippen LogP contribution in [0.1, 0.15) is 29.8 Å². The smallest absolute Gasteiger partial charge is 0.170 e. The number of hydrogen-bond donors (Lipinski definition) is 1. The maximum absolute atomic E-state index is 12.2.